The fourth-order valence-corrected chi connectivity index (χ4v) is 3.68. The monoisotopic (exact) mass is 302 g/mol. The molecule has 1 heterocycles. The predicted molar refractivity (Wildman–Crippen MR) is 93.7 cm³/mol. The van der Waals surface area contributed by atoms with Gasteiger partial charge in [0.15, 0.2) is 0 Å². The number of furan rings is 1. The van der Waals surface area contributed by atoms with Crippen LogP contribution in [0.2, 0.25) is 5.02 Å². The summed E-state index contributed by atoms with van der Waals surface area (Å²) >= 11 is 6.52. The maximum atomic E-state index is 6.52. The Balaban J connectivity index is 2.26. The molecule has 0 aliphatic carbocycles. The van der Waals surface area contributed by atoms with Crippen molar-refractivity contribution in [2.24, 2.45) is 0 Å². The highest BCUT2D eigenvalue weighted by molar-refractivity contribution is 6.41. The SMILES string of the molecule is Clc1cccc2c1c1ccccc1c1oc3ccccc3c21. The maximum Gasteiger partial charge on any atom is 0.143 e. The van der Waals surface area contributed by atoms with Crippen molar-refractivity contribution in [2.75, 3.05) is 0 Å². The van der Waals surface area contributed by atoms with Crippen LogP contribution in [0.15, 0.2) is 71.1 Å². The third-order valence-corrected chi connectivity index (χ3v) is 4.63. The van der Waals surface area contributed by atoms with Crippen LogP contribution in [0.5, 0.6) is 0 Å². The summed E-state index contributed by atoms with van der Waals surface area (Å²) in [5.74, 6) is 0. The molecule has 0 radical (unpaired) electrons. The Labute approximate surface area is 131 Å². The van der Waals surface area contributed by atoms with Gasteiger partial charge >= 0.3 is 0 Å². The summed E-state index contributed by atoms with van der Waals surface area (Å²) in [4.78, 5) is 0. The lowest BCUT2D eigenvalue weighted by Gasteiger charge is -2.07. The van der Waals surface area contributed by atoms with Crippen LogP contribution >= 0.6 is 11.6 Å². The highest BCUT2D eigenvalue weighted by Gasteiger charge is 2.16. The topological polar surface area (TPSA) is 13.1 Å². The van der Waals surface area contributed by atoms with E-state index < -0.39 is 0 Å². The smallest absolute Gasteiger partial charge is 0.143 e. The van der Waals surface area contributed by atoms with E-state index >= 15 is 0 Å². The molecule has 1 nitrogen and oxygen atoms in total. The summed E-state index contributed by atoms with van der Waals surface area (Å²) in [6, 6.07) is 22.5. The van der Waals surface area contributed by atoms with Crippen LogP contribution in [0.4, 0.5) is 0 Å². The Hall–Kier alpha value is -2.51. The minimum absolute atomic E-state index is 0.779. The van der Waals surface area contributed by atoms with E-state index in [0.29, 0.717) is 0 Å². The van der Waals surface area contributed by atoms with Crippen LogP contribution in [0.1, 0.15) is 0 Å². The summed E-state index contributed by atoms with van der Waals surface area (Å²) in [6.45, 7) is 0. The Kier molecular flexibility index (Phi) is 2.33. The zero-order chi connectivity index (χ0) is 14.7. The van der Waals surface area contributed by atoms with Crippen LogP contribution in [0.3, 0.4) is 0 Å². The molecular weight excluding hydrogens is 292 g/mol. The number of para-hydroxylation sites is 1. The molecule has 5 rings (SSSR count). The molecular formula is C20H11ClO. The summed E-state index contributed by atoms with van der Waals surface area (Å²) in [7, 11) is 0. The van der Waals surface area contributed by atoms with Gasteiger partial charge in [0.05, 0.1) is 0 Å². The fourth-order valence-electron chi connectivity index (χ4n) is 3.41. The predicted octanol–water partition coefficient (Wildman–Crippen LogP) is 6.55. The van der Waals surface area contributed by atoms with Crippen molar-refractivity contribution >= 4 is 55.1 Å². The van der Waals surface area contributed by atoms with Crippen LogP contribution in [0, 0.1) is 0 Å². The molecule has 22 heavy (non-hydrogen) atoms. The molecule has 0 unspecified atom stereocenters. The number of hydrogen-bond donors (Lipinski definition) is 0. The van der Waals surface area contributed by atoms with Gasteiger partial charge in [-0.25, -0.2) is 0 Å². The third-order valence-electron chi connectivity index (χ3n) is 4.32. The normalized spacial score (nSPS) is 11.9. The molecule has 0 N–H and O–H groups in total. The van der Waals surface area contributed by atoms with Crippen molar-refractivity contribution in [2.45, 2.75) is 0 Å². The molecule has 4 aromatic carbocycles. The Morgan fingerprint density at radius 1 is 0.591 bits per heavy atom. The summed E-state index contributed by atoms with van der Waals surface area (Å²) in [5.41, 5.74) is 1.85. The Morgan fingerprint density at radius 2 is 1.27 bits per heavy atom. The average Bonchev–Trinajstić information content (AvgIpc) is 2.95. The lowest BCUT2D eigenvalue weighted by Crippen LogP contribution is -1.81. The van der Waals surface area contributed by atoms with Gasteiger partial charge in [-0.15, -0.1) is 0 Å². The van der Waals surface area contributed by atoms with E-state index in [1.807, 2.05) is 42.5 Å². The first-order chi connectivity index (χ1) is 10.8. The van der Waals surface area contributed by atoms with Crippen molar-refractivity contribution < 1.29 is 4.42 Å². The van der Waals surface area contributed by atoms with Gasteiger partial charge < -0.3 is 4.42 Å². The second kappa shape index (κ2) is 4.25. The van der Waals surface area contributed by atoms with Gasteiger partial charge in [-0.05, 0) is 22.9 Å². The van der Waals surface area contributed by atoms with Gasteiger partial charge in [0.2, 0.25) is 0 Å². The van der Waals surface area contributed by atoms with Crippen molar-refractivity contribution in [3.05, 3.63) is 71.8 Å². The van der Waals surface area contributed by atoms with Crippen molar-refractivity contribution in [3.63, 3.8) is 0 Å². The summed E-state index contributed by atoms with van der Waals surface area (Å²) in [5, 5.41) is 7.54. The molecule has 104 valence electrons. The van der Waals surface area contributed by atoms with Crippen LogP contribution < -0.4 is 0 Å². The van der Waals surface area contributed by atoms with Crippen LogP contribution in [0.25, 0.3) is 43.5 Å². The van der Waals surface area contributed by atoms with Crippen LogP contribution in [-0.4, -0.2) is 0 Å². The minimum atomic E-state index is 0.779. The maximum absolute atomic E-state index is 6.52. The van der Waals surface area contributed by atoms with E-state index in [9.17, 15) is 0 Å². The number of hydrogen-bond acceptors (Lipinski definition) is 1. The second-order valence-corrected chi connectivity index (χ2v) is 5.92. The quantitative estimate of drug-likeness (QED) is 0.296. The lowest BCUT2D eigenvalue weighted by molar-refractivity contribution is 0.673. The second-order valence-electron chi connectivity index (χ2n) is 5.51. The van der Waals surface area contributed by atoms with Gasteiger partial charge in [-0.2, -0.15) is 0 Å². The molecule has 0 fully saturated rings. The van der Waals surface area contributed by atoms with Gasteiger partial charge in [0.25, 0.3) is 0 Å². The zero-order valence-electron chi connectivity index (χ0n) is 11.6. The molecule has 0 amide bonds. The standard InChI is InChI=1S/C20H11ClO/c21-16-10-5-9-15-18(16)12-6-1-2-7-13(12)20-19(15)14-8-3-4-11-17(14)22-20/h1-11H. The van der Waals surface area contributed by atoms with E-state index in [2.05, 4.69) is 24.3 Å². The molecule has 1 aromatic heterocycles. The molecule has 5 aromatic rings. The van der Waals surface area contributed by atoms with E-state index in [0.717, 1.165) is 48.5 Å². The molecule has 2 heteroatoms. The minimum Gasteiger partial charge on any atom is -0.455 e. The first kappa shape index (κ1) is 12.1. The summed E-state index contributed by atoms with van der Waals surface area (Å²) < 4.78 is 6.17. The number of rotatable bonds is 0. The van der Waals surface area contributed by atoms with Gasteiger partial charge in [-0.1, -0.05) is 66.2 Å². The van der Waals surface area contributed by atoms with Crippen LogP contribution in [-0.2, 0) is 0 Å². The zero-order valence-corrected chi connectivity index (χ0v) is 12.4. The molecule has 0 saturated heterocycles. The van der Waals surface area contributed by atoms with E-state index in [1.54, 1.807) is 0 Å². The highest BCUT2D eigenvalue weighted by Crippen LogP contribution is 2.42. The Bertz CT molecular complexity index is 1180. The van der Waals surface area contributed by atoms with Gasteiger partial charge in [0, 0.05) is 26.6 Å². The van der Waals surface area contributed by atoms with Gasteiger partial charge in [0.1, 0.15) is 11.2 Å². The third kappa shape index (κ3) is 1.44. The molecule has 0 atom stereocenters. The van der Waals surface area contributed by atoms with Crippen molar-refractivity contribution in [1.82, 2.24) is 0 Å². The first-order valence-corrected chi connectivity index (χ1v) is 7.62. The molecule has 0 aliphatic heterocycles. The average molecular weight is 303 g/mol. The van der Waals surface area contributed by atoms with Gasteiger partial charge in [-0.3, -0.25) is 0 Å². The Morgan fingerprint density at radius 3 is 2.14 bits per heavy atom. The first-order valence-electron chi connectivity index (χ1n) is 7.25. The molecule has 0 aliphatic rings. The van der Waals surface area contributed by atoms with E-state index in [4.69, 9.17) is 16.0 Å². The number of halogens is 1. The van der Waals surface area contributed by atoms with E-state index in [-0.39, 0.29) is 0 Å². The van der Waals surface area contributed by atoms with Crippen molar-refractivity contribution in [3.8, 4) is 0 Å². The lowest BCUT2D eigenvalue weighted by atomic mass is 9.97. The number of fused-ring (bicyclic) bond motifs is 8. The number of benzene rings is 4. The highest BCUT2D eigenvalue weighted by atomic mass is 35.5. The molecule has 0 saturated carbocycles. The fraction of sp³-hybridized carbons (Fsp3) is 0. The largest absolute Gasteiger partial charge is 0.455 e. The van der Waals surface area contributed by atoms with E-state index in [1.165, 1.54) is 0 Å². The summed E-state index contributed by atoms with van der Waals surface area (Å²) in [6.07, 6.45) is 0. The molecule has 0 bridgehead atoms. The molecule has 0 spiro atoms. The van der Waals surface area contributed by atoms with Crippen molar-refractivity contribution in [1.29, 1.82) is 0 Å².